The predicted octanol–water partition coefficient (Wildman–Crippen LogP) is 4.27. The van der Waals surface area contributed by atoms with Gasteiger partial charge in [0.05, 0.1) is 4.92 Å². The van der Waals surface area contributed by atoms with Crippen LogP contribution in [-0.4, -0.2) is 9.91 Å². The van der Waals surface area contributed by atoms with Gasteiger partial charge in [-0.25, -0.2) is 0 Å². The molecule has 0 atom stereocenters. The number of rotatable bonds is 5. The molecular formula is C18H15N3O2. The molecule has 3 aromatic rings. The van der Waals surface area contributed by atoms with Gasteiger partial charge in [0.2, 0.25) is 0 Å². The maximum atomic E-state index is 11.0. The number of benzene rings is 2. The van der Waals surface area contributed by atoms with E-state index in [2.05, 4.69) is 10.3 Å². The van der Waals surface area contributed by atoms with Gasteiger partial charge in [0.25, 0.3) is 5.69 Å². The molecule has 0 aliphatic rings. The minimum absolute atomic E-state index is 0.0829. The van der Waals surface area contributed by atoms with Gasteiger partial charge < -0.3 is 5.32 Å². The molecule has 1 N–H and O–H groups in total. The van der Waals surface area contributed by atoms with Crippen molar-refractivity contribution in [2.24, 2.45) is 0 Å². The van der Waals surface area contributed by atoms with E-state index in [-0.39, 0.29) is 10.6 Å². The second-order valence-corrected chi connectivity index (χ2v) is 5.07. The zero-order valence-electron chi connectivity index (χ0n) is 12.3. The van der Waals surface area contributed by atoms with E-state index in [4.69, 9.17) is 0 Å². The van der Waals surface area contributed by atoms with Crippen LogP contribution in [0.1, 0.15) is 5.56 Å². The van der Waals surface area contributed by atoms with Gasteiger partial charge >= 0.3 is 0 Å². The number of anilines is 1. The van der Waals surface area contributed by atoms with Gasteiger partial charge in [-0.3, -0.25) is 15.1 Å². The highest BCUT2D eigenvalue weighted by Gasteiger charge is 2.11. The molecule has 0 spiro atoms. The predicted molar refractivity (Wildman–Crippen MR) is 90.1 cm³/mol. The van der Waals surface area contributed by atoms with Gasteiger partial charge in [-0.05, 0) is 28.8 Å². The molecule has 0 radical (unpaired) electrons. The van der Waals surface area contributed by atoms with Crippen LogP contribution < -0.4 is 5.32 Å². The first kappa shape index (κ1) is 14.7. The highest BCUT2D eigenvalue weighted by Crippen LogP contribution is 2.24. The van der Waals surface area contributed by atoms with Gasteiger partial charge in [0, 0.05) is 25.0 Å². The van der Waals surface area contributed by atoms with Crippen molar-refractivity contribution in [2.45, 2.75) is 6.54 Å². The lowest BCUT2D eigenvalue weighted by atomic mass is 10.1. The highest BCUT2D eigenvalue weighted by atomic mass is 16.6. The summed E-state index contributed by atoms with van der Waals surface area (Å²) in [7, 11) is 0. The molecule has 5 heteroatoms. The molecule has 1 heterocycles. The number of hydrogen-bond donors (Lipinski definition) is 1. The van der Waals surface area contributed by atoms with E-state index in [9.17, 15) is 10.1 Å². The summed E-state index contributed by atoms with van der Waals surface area (Å²) in [5.41, 5.74) is 3.81. The number of pyridine rings is 1. The van der Waals surface area contributed by atoms with Crippen molar-refractivity contribution >= 4 is 11.4 Å². The summed E-state index contributed by atoms with van der Waals surface area (Å²) in [6.45, 7) is 0.526. The number of nitro benzene ring substituents is 1. The summed E-state index contributed by atoms with van der Waals surface area (Å²) in [4.78, 5) is 14.7. The topological polar surface area (TPSA) is 68.1 Å². The molecular weight excluding hydrogens is 290 g/mol. The Balaban J connectivity index is 1.71. The molecule has 1 aromatic heterocycles. The molecule has 0 aliphatic heterocycles. The lowest BCUT2D eigenvalue weighted by molar-refractivity contribution is -0.384. The molecule has 2 aromatic carbocycles. The average Bonchev–Trinajstić information content (AvgIpc) is 2.61. The quantitative estimate of drug-likeness (QED) is 0.564. The number of para-hydroxylation sites is 2. The van der Waals surface area contributed by atoms with Crippen LogP contribution in [-0.2, 0) is 6.54 Å². The third-order valence-corrected chi connectivity index (χ3v) is 3.53. The van der Waals surface area contributed by atoms with E-state index in [1.165, 1.54) is 6.07 Å². The fraction of sp³-hybridized carbons (Fsp3) is 0.0556. The zero-order chi connectivity index (χ0) is 16.1. The SMILES string of the molecule is O=[N+]([O-])c1ccccc1NCc1ccc(-c2cccnc2)cc1. The summed E-state index contributed by atoms with van der Waals surface area (Å²) in [5.74, 6) is 0. The first-order valence-corrected chi connectivity index (χ1v) is 7.20. The third kappa shape index (κ3) is 3.52. The largest absolute Gasteiger partial charge is 0.375 e. The zero-order valence-corrected chi connectivity index (χ0v) is 12.3. The van der Waals surface area contributed by atoms with E-state index in [1.807, 2.05) is 42.6 Å². The van der Waals surface area contributed by atoms with Crippen LogP contribution >= 0.6 is 0 Å². The maximum Gasteiger partial charge on any atom is 0.292 e. The smallest absolute Gasteiger partial charge is 0.292 e. The number of aromatic nitrogens is 1. The molecule has 0 unspecified atom stereocenters. The van der Waals surface area contributed by atoms with Crippen LogP contribution in [0.5, 0.6) is 0 Å². The number of hydrogen-bond acceptors (Lipinski definition) is 4. The Labute approximate surface area is 133 Å². The maximum absolute atomic E-state index is 11.0. The third-order valence-electron chi connectivity index (χ3n) is 3.53. The van der Waals surface area contributed by atoms with Crippen molar-refractivity contribution in [1.82, 2.24) is 4.98 Å². The lowest BCUT2D eigenvalue weighted by Gasteiger charge is -2.08. The molecule has 0 fully saturated rings. The summed E-state index contributed by atoms with van der Waals surface area (Å²) < 4.78 is 0. The van der Waals surface area contributed by atoms with Crippen molar-refractivity contribution in [3.8, 4) is 11.1 Å². The molecule has 5 nitrogen and oxygen atoms in total. The lowest BCUT2D eigenvalue weighted by Crippen LogP contribution is -2.02. The van der Waals surface area contributed by atoms with E-state index in [0.717, 1.165) is 16.7 Å². The van der Waals surface area contributed by atoms with Gasteiger partial charge in [0.15, 0.2) is 0 Å². The first-order chi connectivity index (χ1) is 11.2. The van der Waals surface area contributed by atoms with Gasteiger partial charge in [0.1, 0.15) is 5.69 Å². The first-order valence-electron chi connectivity index (χ1n) is 7.20. The minimum Gasteiger partial charge on any atom is -0.375 e. The molecule has 0 saturated heterocycles. The van der Waals surface area contributed by atoms with E-state index < -0.39 is 0 Å². The van der Waals surface area contributed by atoms with Gasteiger partial charge in [-0.2, -0.15) is 0 Å². The van der Waals surface area contributed by atoms with E-state index >= 15 is 0 Å². The van der Waals surface area contributed by atoms with E-state index in [0.29, 0.717) is 12.2 Å². The number of nitrogens with one attached hydrogen (secondary N) is 1. The van der Waals surface area contributed by atoms with Crippen LogP contribution in [0.3, 0.4) is 0 Å². The summed E-state index contributed by atoms with van der Waals surface area (Å²) >= 11 is 0. The summed E-state index contributed by atoms with van der Waals surface area (Å²) in [6, 6.07) is 18.6. The van der Waals surface area contributed by atoms with Crippen molar-refractivity contribution in [2.75, 3.05) is 5.32 Å². The minimum atomic E-state index is -0.381. The molecule has 114 valence electrons. The Kier molecular flexibility index (Phi) is 4.29. The Morgan fingerprint density at radius 3 is 2.43 bits per heavy atom. The molecule has 0 saturated carbocycles. The monoisotopic (exact) mass is 305 g/mol. The van der Waals surface area contributed by atoms with Crippen LogP contribution in [0.2, 0.25) is 0 Å². The standard InChI is InChI=1S/C18H15N3O2/c22-21(23)18-6-2-1-5-17(18)20-12-14-7-9-15(10-8-14)16-4-3-11-19-13-16/h1-11,13,20H,12H2. The molecule has 0 aliphatic carbocycles. The molecule has 3 rings (SSSR count). The molecule has 0 bridgehead atoms. The fourth-order valence-corrected chi connectivity index (χ4v) is 2.33. The summed E-state index contributed by atoms with van der Waals surface area (Å²) in [5, 5.41) is 14.1. The molecule has 23 heavy (non-hydrogen) atoms. The Morgan fingerprint density at radius 2 is 1.74 bits per heavy atom. The molecule has 0 amide bonds. The van der Waals surface area contributed by atoms with Crippen molar-refractivity contribution in [3.05, 3.63) is 88.7 Å². The number of nitro groups is 1. The Hall–Kier alpha value is -3.21. The van der Waals surface area contributed by atoms with Crippen molar-refractivity contribution in [3.63, 3.8) is 0 Å². The second-order valence-electron chi connectivity index (χ2n) is 5.07. The van der Waals surface area contributed by atoms with Gasteiger partial charge in [-0.15, -0.1) is 0 Å². The van der Waals surface area contributed by atoms with Crippen LogP contribution in [0.25, 0.3) is 11.1 Å². The van der Waals surface area contributed by atoms with E-state index in [1.54, 1.807) is 24.4 Å². The Bertz CT molecular complexity index is 802. The summed E-state index contributed by atoms with van der Waals surface area (Å²) in [6.07, 6.45) is 3.56. The fourth-order valence-electron chi connectivity index (χ4n) is 2.33. The Morgan fingerprint density at radius 1 is 0.957 bits per heavy atom. The van der Waals surface area contributed by atoms with Crippen molar-refractivity contribution < 1.29 is 4.92 Å². The second kappa shape index (κ2) is 6.70. The van der Waals surface area contributed by atoms with Crippen molar-refractivity contribution in [1.29, 1.82) is 0 Å². The van der Waals surface area contributed by atoms with Crippen LogP contribution in [0.15, 0.2) is 73.1 Å². The van der Waals surface area contributed by atoms with Crippen LogP contribution in [0.4, 0.5) is 11.4 Å². The average molecular weight is 305 g/mol. The van der Waals surface area contributed by atoms with Crippen LogP contribution in [0, 0.1) is 10.1 Å². The normalized spacial score (nSPS) is 10.3. The highest BCUT2D eigenvalue weighted by molar-refractivity contribution is 5.63. The number of nitrogens with zero attached hydrogens (tertiary/aromatic N) is 2. The van der Waals surface area contributed by atoms with Gasteiger partial charge in [-0.1, -0.05) is 42.5 Å².